The lowest BCUT2D eigenvalue weighted by molar-refractivity contribution is 0.142. The average molecular weight is 378 g/mol. The largest absolute Gasteiger partial charge is 0.472 e. The maximum Gasteiger partial charge on any atom is 0.407 e. The molecule has 1 fully saturated rings. The average Bonchev–Trinajstić information content (AvgIpc) is 3.27. The van der Waals surface area contributed by atoms with E-state index in [2.05, 4.69) is 22.3 Å². The molecule has 1 aliphatic heterocycles. The van der Waals surface area contributed by atoms with E-state index >= 15 is 0 Å². The van der Waals surface area contributed by atoms with E-state index in [1.165, 1.54) is 10.5 Å². The number of nitrogens with zero attached hydrogens (tertiary/aromatic N) is 3. The van der Waals surface area contributed by atoms with Gasteiger partial charge in [0.2, 0.25) is 0 Å². The van der Waals surface area contributed by atoms with Crippen LogP contribution in [0.3, 0.4) is 0 Å². The molecule has 0 saturated carbocycles. The summed E-state index contributed by atoms with van der Waals surface area (Å²) in [6.07, 6.45) is 2.47. The summed E-state index contributed by atoms with van der Waals surface area (Å²) in [5.41, 5.74) is 3.11. The predicted molar refractivity (Wildman–Crippen MR) is 108 cm³/mol. The Kier molecular flexibility index (Phi) is 5.14. The molecule has 0 radical (unpaired) electrons. The van der Waals surface area contributed by atoms with Crippen LogP contribution in [0.15, 0.2) is 65.5 Å². The molecule has 1 aromatic carbocycles. The molecular weight excluding hydrogens is 356 g/mol. The minimum absolute atomic E-state index is 0.462. The highest BCUT2D eigenvalue weighted by atomic mass is 16.4. The normalized spacial score (nSPS) is 14.1. The topological polar surface area (TPSA) is 81.8 Å². The summed E-state index contributed by atoms with van der Waals surface area (Å²) in [6.45, 7) is 2.82. The van der Waals surface area contributed by atoms with Crippen LogP contribution in [0.4, 0.5) is 16.4 Å². The van der Waals surface area contributed by atoms with Crippen molar-refractivity contribution >= 4 is 17.7 Å². The molecule has 3 aromatic rings. The molecule has 144 valence electrons. The van der Waals surface area contributed by atoms with Gasteiger partial charge in [-0.05, 0) is 23.8 Å². The molecule has 4 rings (SSSR count). The highest BCUT2D eigenvalue weighted by molar-refractivity contribution is 5.77. The van der Waals surface area contributed by atoms with Gasteiger partial charge in [0.25, 0.3) is 0 Å². The number of rotatable bonds is 5. The van der Waals surface area contributed by atoms with E-state index in [4.69, 9.17) is 9.40 Å². The van der Waals surface area contributed by atoms with Gasteiger partial charge >= 0.3 is 6.09 Å². The second-order valence-electron chi connectivity index (χ2n) is 6.68. The summed E-state index contributed by atoms with van der Waals surface area (Å²) < 4.78 is 5.25. The Bertz CT molecular complexity index is 920. The number of piperazine rings is 1. The van der Waals surface area contributed by atoms with E-state index < -0.39 is 6.09 Å². The monoisotopic (exact) mass is 378 g/mol. The van der Waals surface area contributed by atoms with Gasteiger partial charge in [-0.2, -0.15) is 0 Å². The molecule has 0 atom stereocenters. The third-order valence-electron chi connectivity index (χ3n) is 4.87. The second-order valence-corrected chi connectivity index (χ2v) is 6.68. The number of carbonyl (C=O) groups is 1. The molecule has 0 spiro atoms. The molecule has 7 heteroatoms. The Labute approximate surface area is 163 Å². The van der Waals surface area contributed by atoms with Crippen LogP contribution in [-0.4, -0.2) is 47.3 Å². The number of nitrogens with one attached hydrogen (secondary N) is 1. The van der Waals surface area contributed by atoms with Gasteiger partial charge in [0.1, 0.15) is 11.6 Å². The summed E-state index contributed by atoms with van der Waals surface area (Å²) >= 11 is 0. The molecule has 7 nitrogen and oxygen atoms in total. The minimum atomic E-state index is -0.874. The van der Waals surface area contributed by atoms with Crippen molar-refractivity contribution in [3.63, 3.8) is 0 Å². The first-order valence-electron chi connectivity index (χ1n) is 9.25. The molecule has 2 N–H and O–H groups in total. The molecule has 1 aliphatic rings. The standard InChI is InChI=1S/C21H22N4O3/c26-21(27)25-11-9-24(10-12-25)20-18(17-8-13-28-15-17)6-7-19(23-20)22-14-16-4-2-1-3-5-16/h1-8,13,15H,9-12,14H2,(H,22,23)(H,26,27). The number of benzene rings is 1. The molecule has 1 saturated heterocycles. The summed E-state index contributed by atoms with van der Waals surface area (Å²) in [4.78, 5) is 19.6. The number of aromatic nitrogens is 1. The quantitative estimate of drug-likeness (QED) is 0.704. The first kappa shape index (κ1) is 17.9. The number of amides is 1. The van der Waals surface area contributed by atoms with Crippen LogP contribution in [0.25, 0.3) is 11.1 Å². The van der Waals surface area contributed by atoms with Crippen molar-refractivity contribution < 1.29 is 14.3 Å². The van der Waals surface area contributed by atoms with Crippen LogP contribution >= 0.6 is 0 Å². The maximum absolute atomic E-state index is 11.2. The smallest absolute Gasteiger partial charge is 0.407 e. The molecule has 1 amide bonds. The van der Waals surface area contributed by atoms with E-state index in [0.717, 1.165) is 22.8 Å². The molecule has 2 aromatic heterocycles. The molecule has 0 unspecified atom stereocenters. The maximum atomic E-state index is 11.2. The van der Waals surface area contributed by atoms with Crippen molar-refractivity contribution in [1.29, 1.82) is 0 Å². The van der Waals surface area contributed by atoms with E-state index in [1.807, 2.05) is 36.4 Å². The minimum Gasteiger partial charge on any atom is -0.472 e. The zero-order chi connectivity index (χ0) is 19.3. The van der Waals surface area contributed by atoms with Gasteiger partial charge in [0.05, 0.1) is 12.5 Å². The van der Waals surface area contributed by atoms with Crippen LogP contribution in [0.2, 0.25) is 0 Å². The van der Waals surface area contributed by atoms with Crippen molar-refractivity contribution in [3.8, 4) is 11.1 Å². The molecule has 3 heterocycles. The number of hydrogen-bond acceptors (Lipinski definition) is 5. The first-order chi connectivity index (χ1) is 13.7. The van der Waals surface area contributed by atoms with Gasteiger partial charge < -0.3 is 24.6 Å². The molecule has 0 bridgehead atoms. The SMILES string of the molecule is O=C(O)N1CCN(c2nc(NCc3ccccc3)ccc2-c2ccoc2)CC1. The van der Waals surface area contributed by atoms with Crippen molar-refractivity contribution in [3.05, 3.63) is 66.6 Å². The first-order valence-corrected chi connectivity index (χ1v) is 9.25. The third kappa shape index (κ3) is 3.93. The zero-order valence-electron chi connectivity index (χ0n) is 15.4. The number of pyridine rings is 1. The van der Waals surface area contributed by atoms with Crippen molar-refractivity contribution in [2.45, 2.75) is 6.54 Å². The van der Waals surface area contributed by atoms with Crippen molar-refractivity contribution in [2.75, 3.05) is 36.4 Å². The third-order valence-corrected chi connectivity index (χ3v) is 4.87. The van der Waals surface area contributed by atoms with Crippen molar-refractivity contribution in [1.82, 2.24) is 9.88 Å². The lowest BCUT2D eigenvalue weighted by Crippen LogP contribution is -2.48. The van der Waals surface area contributed by atoms with Crippen LogP contribution in [0.5, 0.6) is 0 Å². The number of hydrogen-bond donors (Lipinski definition) is 2. The lowest BCUT2D eigenvalue weighted by atomic mass is 10.1. The summed E-state index contributed by atoms with van der Waals surface area (Å²) in [5, 5.41) is 12.6. The lowest BCUT2D eigenvalue weighted by Gasteiger charge is -2.35. The Morgan fingerprint density at radius 2 is 1.86 bits per heavy atom. The highest BCUT2D eigenvalue weighted by Crippen LogP contribution is 2.31. The second kappa shape index (κ2) is 8.04. The fraction of sp³-hybridized carbons (Fsp3) is 0.238. The highest BCUT2D eigenvalue weighted by Gasteiger charge is 2.24. The fourth-order valence-corrected chi connectivity index (χ4v) is 3.33. The van der Waals surface area contributed by atoms with Gasteiger partial charge in [0.15, 0.2) is 0 Å². The number of anilines is 2. The van der Waals surface area contributed by atoms with Crippen LogP contribution in [0.1, 0.15) is 5.56 Å². The van der Waals surface area contributed by atoms with Gasteiger partial charge in [0, 0.05) is 43.9 Å². The molecule has 0 aliphatic carbocycles. The molecular formula is C21H22N4O3. The van der Waals surface area contributed by atoms with E-state index in [9.17, 15) is 9.90 Å². The Hall–Kier alpha value is -3.48. The Morgan fingerprint density at radius 1 is 1.07 bits per heavy atom. The van der Waals surface area contributed by atoms with E-state index in [-0.39, 0.29) is 0 Å². The van der Waals surface area contributed by atoms with Gasteiger partial charge in [-0.15, -0.1) is 0 Å². The number of furan rings is 1. The van der Waals surface area contributed by atoms with E-state index in [0.29, 0.717) is 32.7 Å². The summed E-state index contributed by atoms with van der Waals surface area (Å²) in [5.74, 6) is 1.62. The Balaban J connectivity index is 1.57. The predicted octanol–water partition coefficient (Wildman–Crippen LogP) is 3.75. The van der Waals surface area contributed by atoms with E-state index in [1.54, 1.807) is 12.5 Å². The Morgan fingerprint density at radius 3 is 2.54 bits per heavy atom. The van der Waals surface area contributed by atoms with Crippen LogP contribution in [0, 0.1) is 0 Å². The van der Waals surface area contributed by atoms with Crippen LogP contribution in [-0.2, 0) is 6.54 Å². The fourth-order valence-electron chi connectivity index (χ4n) is 3.33. The zero-order valence-corrected chi connectivity index (χ0v) is 15.4. The van der Waals surface area contributed by atoms with Crippen LogP contribution < -0.4 is 10.2 Å². The van der Waals surface area contributed by atoms with Crippen molar-refractivity contribution in [2.24, 2.45) is 0 Å². The summed E-state index contributed by atoms with van der Waals surface area (Å²) in [7, 11) is 0. The number of carboxylic acid groups (broad SMARTS) is 1. The summed E-state index contributed by atoms with van der Waals surface area (Å²) in [6, 6.07) is 16.1. The molecule has 28 heavy (non-hydrogen) atoms. The van der Waals surface area contributed by atoms with Gasteiger partial charge in [-0.3, -0.25) is 0 Å². The van der Waals surface area contributed by atoms with Gasteiger partial charge in [-0.1, -0.05) is 30.3 Å². The van der Waals surface area contributed by atoms with Gasteiger partial charge in [-0.25, -0.2) is 9.78 Å².